The van der Waals surface area contributed by atoms with Crippen LogP contribution in [0.5, 0.6) is 0 Å². The summed E-state index contributed by atoms with van der Waals surface area (Å²) in [5, 5.41) is 23.0. The summed E-state index contributed by atoms with van der Waals surface area (Å²) in [6.45, 7) is 0.236. The van der Waals surface area contributed by atoms with Gasteiger partial charge in [0, 0.05) is 30.6 Å². The Hall–Kier alpha value is -3.59. The second kappa shape index (κ2) is 7.34. The normalized spacial score (nSPS) is 11.0. The lowest BCUT2D eigenvalue weighted by molar-refractivity contribution is 0.0944. The minimum absolute atomic E-state index is 0.0317. The van der Waals surface area contributed by atoms with Gasteiger partial charge in [-0.15, -0.1) is 0 Å². The van der Waals surface area contributed by atoms with Crippen LogP contribution in [0.3, 0.4) is 0 Å². The van der Waals surface area contributed by atoms with Crippen LogP contribution in [-0.2, 0) is 13.0 Å². The molecule has 0 saturated heterocycles. The third-order valence-corrected chi connectivity index (χ3v) is 3.98. The quantitative estimate of drug-likeness (QED) is 0.469. The fourth-order valence-corrected chi connectivity index (χ4v) is 2.63. The zero-order valence-corrected chi connectivity index (χ0v) is 14.3. The molecular weight excluding hydrogens is 346 g/mol. The summed E-state index contributed by atoms with van der Waals surface area (Å²) in [6, 6.07) is 11.2. The Kier molecular flexibility index (Phi) is 4.58. The summed E-state index contributed by atoms with van der Waals surface area (Å²) in [5.74, 6) is 0.796. The van der Waals surface area contributed by atoms with E-state index >= 15 is 0 Å². The van der Waals surface area contributed by atoms with Gasteiger partial charge in [-0.3, -0.25) is 9.89 Å². The maximum absolute atomic E-state index is 12.4. The van der Waals surface area contributed by atoms with Gasteiger partial charge < -0.3 is 10.4 Å². The van der Waals surface area contributed by atoms with Crippen LogP contribution in [0.4, 0.5) is 0 Å². The number of fused-ring (bicyclic) bond motifs is 1. The van der Waals surface area contributed by atoms with Gasteiger partial charge in [-0.2, -0.15) is 10.2 Å². The molecule has 0 fully saturated rings. The van der Waals surface area contributed by atoms with Crippen LogP contribution in [0.2, 0.25) is 0 Å². The number of carbonyl (C=O) groups is 1. The fraction of sp³-hybridized carbons (Fsp3) is 0.167. The maximum atomic E-state index is 12.4. The zero-order valence-electron chi connectivity index (χ0n) is 14.3. The molecular formula is C18H17N7O2. The van der Waals surface area contributed by atoms with Crippen molar-refractivity contribution in [2.24, 2.45) is 0 Å². The predicted octanol–water partition coefficient (Wildman–Crippen LogP) is 0.979. The molecule has 1 amide bonds. The first-order valence-electron chi connectivity index (χ1n) is 8.43. The van der Waals surface area contributed by atoms with Gasteiger partial charge in [0.2, 0.25) is 0 Å². The monoisotopic (exact) mass is 363 g/mol. The van der Waals surface area contributed by atoms with E-state index < -0.39 is 0 Å². The molecule has 0 atom stereocenters. The number of aromatic amines is 1. The minimum Gasteiger partial charge on any atom is -0.396 e. The van der Waals surface area contributed by atoms with E-state index in [9.17, 15) is 4.79 Å². The molecule has 4 rings (SSSR count). The minimum atomic E-state index is -0.332. The highest BCUT2D eigenvalue weighted by Gasteiger charge is 2.13. The van der Waals surface area contributed by atoms with E-state index in [0.29, 0.717) is 23.7 Å². The Labute approximate surface area is 154 Å². The summed E-state index contributed by atoms with van der Waals surface area (Å²) in [4.78, 5) is 21.0. The molecule has 3 heterocycles. The van der Waals surface area contributed by atoms with Gasteiger partial charge in [0.15, 0.2) is 17.2 Å². The van der Waals surface area contributed by atoms with Crippen molar-refractivity contribution in [2.75, 3.05) is 6.61 Å². The van der Waals surface area contributed by atoms with Crippen molar-refractivity contribution in [2.45, 2.75) is 13.0 Å². The van der Waals surface area contributed by atoms with E-state index in [0.717, 1.165) is 11.1 Å². The molecule has 0 radical (unpaired) electrons. The van der Waals surface area contributed by atoms with Gasteiger partial charge in [-0.25, -0.2) is 14.5 Å². The average Bonchev–Trinajstić information content (AvgIpc) is 3.34. The average molecular weight is 363 g/mol. The van der Waals surface area contributed by atoms with Crippen LogP contribution in [0, 0.1) is 0 Å². The summed E-state index contributed by atoms with van der Waals surface area (Å²) < 4.78 is 1.53. The smallest absolute Gasteiger partial charge is 0.272 e. The topological polar surface area (TPSA) is 121 Å². The SMILES string of the molecule is O=C(NCc1nc(-c2ccccc2)n[nH]1)c1cc2ncc(CCO)cn2n1. The molecule has 9 nitrogen and oxygen atoms in total. The summed E-state index contributed by atoms with van der Waals surface area (Å²) in [6.07, 6.45) is 3.89. The Morgan fingerprint density at radius 1 is 1.26 bits per heavy atom. The van der Waals surface area contributed by atoms with Crippen molar-refractivity contribution in [3.63, 3.8) is 0 Å². The Morgan fingerprint density at radius 3 is 2.93 bits per heavy atom. The third-order valence-electron chi connectivity index (χ3n) is 3.98. The molecule has 0 bridgehead atoms. The Balaban J connectivity index is 1.43. The highest BCUT2D eigenvalue weighted by molar-refractivity contribution is 5.93. The first kappa shape index (κ1) is 16.9. The number of nitrogens with one attached hydrogen (secondary N) is 2. The largest absolute Gasteiger partial charge is 0.396 e. The molecule has 136 valence electrons. The van der Waals surface area contributed by atoms with Crippen molar-refractivity contribution < 1.29 is 9.90 Å². The second-order valence-corrected chi connectivity index (χ2v) is 5.92. The molecule has 0 aliphatic rings. The van der Waals surface area contributed by atoms with E-state index in [1.165, 1.54) is 4.52 Å². The molecule has 0 aliphatic carbocycles. The molecule has 1 aromatic carbocycles. The lowest BCUT2D eigenvalue weighted by Gasteiger charge is -1.99. The van der Waals surface area contributed by atoms with Crippen molar-refractivity contribution in [3.8, 4) is 11.4 Å². The number of amides is 1. The highest BCUT2D eigenvalue weighted by atomic mass is 16.3. The predicted molar refractivity (Wildman–Crippen MR) is 96.8 cm³/mol. The molecule has 27 heavy (non-hydrogen) atoms. The molecule has 0 spiro atoms. The van der Waals surface area contributed by atoms with E-state index in [4.69, 9.17) is 5.11 Å². The molecule has 3 N–H and O–H groups in total. The van der Waals surface area contributed by atoms with Crippen LogP contribution >= 0.6 is 0 Å². The van der Waals surface area contributed by atoms with Crippen LogP contribution in [0.1, 0.15) is 21.9 Å². The van der Waals surface area contributed by atoms with Crippen LogP contribution in [-0.4, -0.2) is 47.4 Å². The van der Waals surface area contributed by atoms with Gasteiger partial charge in [0.25, 0.3) is 5.91 Å². The van der Waals surface area contributed by atoms with Crippen LogP contribution in [0.25, 0.3) is 17.0 Å². The summed E-state index contributed by atoms with van der Waals surface area (Å²) >= 11 is 0. The molecule has 9 heteroatoms. The van der Waals surface area contributed by atoms with E-state index in [1.807, 2.05) is 30.3 Å². The first-order chi connectivity index (χ1) is 13.2. The molecule has 4 aromatic rings. The molecule has 3 aromatic heterocycles. The number of nitrogens with zero attached hydrogens (tertiary/aromatic N) is 5. The third kappa shape index (κ3) is 3.67. The number of aliphatic hydroxyl groups excluding tert-OH is 1. The summed E-state index contributed by atoms with van der Waals surface area (Å²) in [7, 11) is 0. The van der Waals surface area contributed by atoms with Crippen molar-refractivity contribution in [1.29, 1.82) is 0 Å². The number of aromatic nitrogens is 6. The van der Waals surface area contributed by atoms with Gasteiger partial charge in [-0.05, 0) is 12.0 Å². The highest BCUT2D eigenvalue weighted by Crippen LogP contribution is 2.13. The van der Waals surface area contributed by atoms with Gasteiger partial charge in [-0.1, -0.05) is 30.3 Å². The standard InChI is InChI=1S/C18H17N7O2/c26-7-6-12-9-19-16-8-14(24-25(16)11-12)18(27)20-10-15-21-17(23-22-15)13-4-2-1-3-5-13/h1-5,8-9,11,26H,6-7,10H2,(H,20,27)(H,21,22,23). The number of H-pyrrole nitrogens is 1. The molecule has 0 unspecified atom stereocenters. The van der Waals surface area contributed by atoms with Crippen LogP contribution < -0.4 is 5.32 Å². The van der Waals surface area contributed by atoms with Crippen molar-refractivity contribution in [3.05, 3.63) is 65.9 Å². The van der Waals surface area contributed by atoms with Crippen LogP contribution in [0.15, 0.2) is 48.8 Å². The van der Waals surface area contributed by atoms with Gasteiger partial charge in [0.1, 0.15) is 5.82 Å². The first-order valence-corrected chi connectivity index (χ1v) is 8.43. The van der Waals surface area contributed by atoms with E-state index in [1.54, 1.807) is 18.5 Å². The van der Waals surface area contributed by atoms with Gasteiger partial charge >= 0.3 is 0 Å². The number of benzene rings is 1. The number of hydrogen-bond acceptors (Lipinski definition) is 6. The molecule has 0 aliphatic heterocycles. The number of aliphatic hydroxyl groups is 1. The number of hydrogen-bond donors (Lipinski definition) is 3. The fourth-order valence-electron chi connectivity index (χ4n) is 2.63. The Bertz CT molecular complexity index is 1070. The van der Waals surface area contributed by atoms with E-state index in [-0.39, 0.29) is 24.8 Å². The van der Waals surface area contributed by atoms with E-state index in [2.05, 4.69) is 30.6 Å². The van der Waals surface area contributed by atoms with Crippen molar-refractivity contribution >= 4 is 11.6 Å². The maximum Gasteiger partial charge on any atom is 0.272 e. The number of rotatable bonds is 6. The van der Waals surface area contributed by atoms with Gasteiger partial charge in [0.05, 0.1) is 6.54 Å². The lowest BCUT2D eigenvalue weighted by Crippen LogP contribution is -2.23. The van der Waals surface area contributed by atoms with Crippen molar-refractivity contribution in [1.82, 2.24) is 35.1 Å². The second-order valence-electron chi connectivity index (χ2n) is 5.92. The Morgan fingerprint density at radius 2 is 2.11 bits per heavy atom. The zero-order chi connectivity index (χ0) is 18.6. The lowest BCUT2D eigenvalue weighted by atomic mass is 10.2. The summed E-state index contributed by atoms with van der Waals surface area (Å²) in [5.41, 5.74) is 2.56. The molecule has 0 saturated carbocycles. The number of carbonyl (C=O) groups excluding carboxylic acids is 1.